The van der Waals surface area contributed by atoms with Gasteiger partial charge in [-0.1, -0.05) is 0 Å². The van der Waals surface area contributed by atoms with Crippen molar-refractivity contribution in [1.29, 1.82) is 0 Å². The number of nitro benzene ring substituents is 1. The van der Waals surface area contributed by atoms with Crippen LogP contribution in [0.5, 0.6) is 5.75 Å². The molecule has 0 saturated heterocycles. The van der Waals surface area contributed by atoms with E-state index in [0.717, 1.165) is 0 Å². The first-order valence-corrected chi connectivity index (χ1v) is 6.71. The lowest BCUT2D eigenvalue weighted by Crippen LogP contribution is -2.16. The van der Waals surface area contributed by atoms with Crippen LogP contribution in [-0.4, -0.2) is 23.7 Å². The molecule has 0 aromatic heterocycles. The van der Waals surface area contributed by atoms with Crippen LogP contribution in [0.15, 0.2) is 48.5 Å². The van der Waals surface area contributed by atoms with E-state index in [9.17, 15) is 19.7 Å². The van der Waals surface area contributed by atoms with E-state index in [1.54, 1.807) is 24.3 Å². The van der Waals surface area contributed by atoms with Gasteiger partial charge in [0, 0.05) is 23.4 Å². The molecule has 0 saturated carbocycles. The summed E-state index contributed by atoms with van der Waals surface area (Å²) in [6.45, 7) is 0. The average molecular weight is 314 g/mol. The van der Waals surface area contributed by atoms with E-state index >= 15 is 0 Å². The summed E-state index contributed by atoms with van der Waals surface area (Å²) in [7, 11) is 1.54. The minimum atomic E-state index is -0.551. The largest absolute Gasteiger partial charge is 0.497 e. The molecule has 0 unspecified atom stereocenters. The second-order valence-corrected chi connectivity index (χ2v) is 4.68. The van der Waals surface area contributed by atoms with Crippen molar-refractivity contribution in [2.45, 2.75) is 6.42 Å². The number of benzene rings is 2. The Morgan fingerprint density at radius 1 is 1.09 bits per heavy atom. The maximum atomic E-state index is 12.0. The van der Waals surface area contributed by atoms with Gasteiger partial charge in [0.25, 0.3) is 5.69 Å². The highest BCUT2D eigenvalue weighted by Crippen LogP contribution is 2.16. The molecule has 118 valence electrons. The molecule has 0 aliphatic carbocycles. The number of carbonyl (C=O) groups is 2. The van der Waals surface area contributed by atoms with Gasteiger partial charge in [-0.2, -0.15) is 0 Å². The molecular formula is C16H14N2O5. The van der Waals surface area contributed by atoms with Gasteiger partial charge in [0.1, 0.15) is 5.75 Å². The maximum Gasteiger partial charge on any atom is 0.269 e. The van der Waals surface area contributed by atoms with Crippen molar-refractivity contribution in [2.24, 2.45) is 0 Å². The fourth-order valence-electron chi connectivity index (χ4n) is 1.90. The lowest BCUT2D eigenvalue weighted by Gasteiger charge is -2.06. The van der Waals surface area contributed by atoms with Crippen LogP contribution >= 0.6 is 0 Å². The average Bonchev–Trinajstić information content (AvgIpc) is 2.55. The van der Waals surface area contributed by atoms with Crippen molar-refractivity contribution in [3.05, 3.63) is 64.2 Å². The van der Waals surface area contributed by atoms with Gasteiger partial charge in [-0.25, -0.2) is 0 Å². The van der Waals surface area contributed by atoms with E-state index in [4.69, 9.17) is 4.74 Å². The quantitative estimate of drug-likeness (QED) is 0.382. The Morgan fingerprint density at radius 3 is 2.22 bits per heavy atom. The molecule has 7 heteroatoms. The monoisotopic (exact) mass is 314 g/mol. The van der Waals surface area contributed by atoms with Crippen LogP contribution in [0.3, 0.4) is 0 Å². The van der Waals surface area contributed by atoms with Crippen LogP contribution in [0, 0.1) is 10.1 Å². The van der Waals surface area contributed by atoms with Gasteiger partial charge in [-0.05, 0) is 36.4 Å². The molecule has 0 fully saturated rings. The van der Waals surface area contributed by atoms with Gasteiger partial charge in [0.15, 0.2) is 5.78 Å². The summed E-state index contributed by atoms with van der Waals surface area (Å²) in [6, 6.07) is 11.8. The number of nitro groups is 1. The van der Waals surface area contributed by atoms with Crippen molar-refractivity contribution in [2.75, 3.05) is 12.4 Å². The number of nitrogens with zero attached hydrogens (tertiary/aromatic N) is 1. The van der Waals surface area contributed by atoms with Gasteiger partial charge in [-0.3, -0.25) is 19.7 Å². The Hall–Kier alpha value is -3.22. The van der Waals surface area contributed by atoms with E-state index in [-0.39, 0.29) is 17.7 Å². The van der Waals surface area contributed by atoms with Gasteiger partial charge in [0.2, 0.25) is 5.91 Å². The molecule has 0 bridgehead atoms. The lowest BCUT2D eigenvalue weighted by atomic mass is 10.1. The number of anilines is 1. The topological polar surface area (TPSA) is 98.5 Å². The number of amides is 1. The number of nitrogens with one attached hydrogen (secondary N) is 1. The van der Waals surface area contributed by atoms with Crippen LogP contribution < -0.4 is 10.1 Å². The number of rotatable bonds is 6. The summed E-state index contributed by atoms with van der Waals surface area (Å²) in [4.78, 5) is 33.8. The number of methoxy groups -OCH3 is 1. The second-order valence-electron chi connectivity index (χ2n) is 4.68. The zero-order chi connectivity index (χ0) is 16.8. The number of ketones is 1. The summed E-state index contributed by atoms with van der Waals surface area (Å²) < 4.78 is 5.01. The first kappa shape index (κ1) is 16.2. The Morgan fingerprint density at radius 2 is 1.70 bits per heavy atom. The third-order valence-corrected chi connectivity index (χ3v) is 3.09. The highest BCUT2D eigenvalue weighted by Gasteiger charge is 2.13. The third kappa shape index (κ3) is 4.37. The Labute approximate surface area is 132 Å². The summed E-state index contributed by atoms with van der Waals surface area (Å²) in [5.74, 6) is -0.214. The molecular weight excluding hydrogens is 300 g/mol. The first-order chi connectivity index (χ1) is 11.0. The van der Waals surface area contributed by atoms with Crippen LogP contribution in [0.25, 0.3) is 0 Å². The maximum absolute atomic E-state index is 12.0. The summed E-state index contributed by atoms with van der Waals surface area (Å²) in [5, 5.41) is 13.2. The number of ether oxygens (including phenoxy) is 1. The Balaban J connectivity index is 1.95. The fraction of sp³-hybridized carbons (Fsp3) is 0.125. The molecule has 1 amide bonds. The van der Waals surface area contributed by atoms with Crippen LogP contribution in [-0.2, 0) is 4.79 Å². The fourth-order valence-corrected chi connectivity index (χ4v) is 1.90. The van der Waals surface area contributed by atoms with Crippen molar-refractivity contribution >= 4 is 23.1 Å². The van der Waals surface area contributed by atoms with E-state index in [0.29, 0.717) is 11.4 Å². The minimum Gasteiger partial charge on any atom is -0.497 e. The third-order valence-electron chi connectivity index (χ3n) is 3.09. The van der Waals surface area contributed by atoms with Crippen molar-refractivity contribution in [1.82, 2.24) is 0 Å². The van der Waals surface area contributed by atoms with Crippen molar-refractivity contribution in [3.8, 4) is 5.75 Å². The molecule has 2 rings (SSSR count). The SMILES string of the molecule is COc1ccc(NC(=O)CC(=O)c2ccc([N+](=O)[O-])cc2)cc1. The van der Waals surface area contributed by atoms with Gasteiger partial charge in [-0.15, -0.1) is 0 Å². The molecule has 0 aliphatic rings. The Bertz CT molecular complexity index is 723. The van der Waals surface area contributed by atoms with Gasteiger partial charge < -0.3 is 10.1 Å². The van der Waals surface area contributed by atoms with Crippen molar-refractivity contribution < 1.29 is 19.2 Å². The predicted molar refractivity (Wildman–Crippen MR) is 83.7 cm³/mol. The number of hydrogen-bond acceptors (Lipinski definition) is 5. The number of non-ortho nitro benzene ring substituents is 1. The summed E-state index contributed by atoms with van der Waals surface area (Å²) in [5.41, 5.74) is 0.692. The lowest BCUT2D eigenvalue weighted by molar-refractivity contribution is -0.384. The molecule has 1 N–H and O–H groups in total. The minimum absolute atomic E-state index is 0.107. The predicted octanol–water partition coefficient (Wildman–Crippen LogP) is 2.81. The van der Waals surface area contributed by atoms with E-state index in [1.165, 1.54) is 31.4 Å². The molecule has 23 heavy (non-hydrogen) atoms. The van der Waals surface area contributed by atoms with E-state index < -0.39 is 16.6 Å². The zero-order valence-corrected chi connectivity index (χ0v) is 12.3. The van der Waals surface area contributed by atoms with Gasteiger partial charge in [0.05, 0.1) is 18.5 Å². The molecule has 0 heterocycles. The first-order valence-electron chi connectivity index (χ1n) is 6.71. The number of hydrogen-bond donors (Lipinski definition) is 1. The normalized spacial score (nSPS) is 9.96. The molecule has 7 nitrogen and oxygen atoms in total. The molecule has 0 spiro atoms. The van der Waals surface area contributed by atoms with Crippen LogP contribution in [0.2, 0.25) is 0 Å². The van der Waals surface area contributed by atoms with Crippen LogP contribution in [0.4, 0.5) is 11.4 Å². The molecule has 0 radical (unpaired) electrons. The second kappa shape index (κ2) is 7.17. The smallest absolute Gasteiger partial charge is 0.269 e. The molecule has 2 aromatic carbocycles. The standard InChI is InChI=1S/C16H14N2O5/c1-23-14-8-4-12(5-9-14)17-16(20)10-15(19)11-2-6-13(7-3-11)18(21)22/h2-9H,10H2,1H3,(H,17,20). The number of Topliss-reactive ketones (excluding diaryl/α,β-unsaturated/α-hetero) is 1. The molecule has 0 aliphatic heterocycles. The zero-order valence-electron chi connectivity index (χ0n) is 12.3. The van der Waals surface area contributed by atoms with E-state index in [2.05, 4.69) is 5.32 Å². The van der Waals surface area contributed by atoms with Crippen molar-refractivity contribution in [3.63, 3.8) is 0 Å². The van der Waals surface area contributed by atoms with Crippen LogP contribution in [0.1, 0.15) is 16.8 Å². The molecule has 0 atom stereocenters. The highest BCUT2D eigenvalue weighted by molar-refractivity contribution is 6.11. The molecule has 2 aromatic rings. The summed E-state index contributed by atoms with van der Waals surface area (Å²) in [6.07, 6.45) is -0.343. The Kier molecular flexibility index (Phi) is 5.03. The summed E-state index contributed by atoms with van der Waals surface area (Å²) >= 11 is 0. The van der Waals surface area contributed by atoms with E-state index in [1.807, 2.05) is 0 Å². The highest BCUT2D eigenvalue weighted by atomic mass is 16.6. The van der Waals surface area contributed by atoms with Gasteiger partial charge >= 0.3 is 0 Å². The number of carbonyl (C=O) groups excluding carboxylic acids is 2.